The largest absolute Gasteiger partial charge is 0.487 e. The quantitative estimate of drug-likeness (QED) is 0.383. The Kier molecular flexibility index (Phi) is 5.65. The zero-order valence-electron chi connectivity index (χ0n) is 18.7. The molecule has 0 fully saturated rings. The van der Waals surface area contributed by atoms with Gasteiger partial charge in [0.2, 0.25) is 6.79 Å². The van der Waals surface area contributed by atoms with Crippen molar-refractivity contribution in [1.82, 2.24) is 0 Å². The minimum absolute atomic E-state index is 0.189. The Morgan fingerprint density at radius 3 is 2.61 bits per heavy atom. The number of ether oxygens (including phenoxy) is 4. The molecule has 6 heteroatoms. The van der Waals surface area contributed by atoms with E-state index >= 15 is 0 Å². The van der Waals surface area contributed by atoms with Gasteiger partial charge in [-0.3, -0.25) is 0 Å². The third kappa shape index (κ3) is 3.89. The Labute approximate surface area is 193 Å². The van der Waals surface area contributed by atoms with E-state index in [9.17, 15) is 4.79 Å². The molecule has 0 saturated carbocycles. The zero-order chi connectivity index (χ0) is 22.8. The molecule has 0 atom stereocenters. The number of benzene rings is 3. The number of carbonyl (C=O) groups excluding carboxylic acids is 1. The first-order chi connectivity index (χ1) is 16.2. The van der Waals surface area contributed by atoms with E-state index < -0.39 is 0 Å². The van der Waals surface area contributed by atoms with Crippen molar-refractivity contribution < 1.29 is 23.7 Å². The van der Waals surface area contributed by atoms with Crippen LogP contribution in [0.5, 0.6) is 17.2 Å². The molecule has 0 unspecified atom stereocenters. The molecule has 0 amide bonds. The SMILES string of the molecule is CCOC(=O)c1c(-c2ccc3c(c2)OCO3)cc2c(c1C)N(c1ccccc1)C/C=C\CO2. The topological polar surface area (TPSA) is 57.2 Å². The van der Waals surface area contributed by atoms with Gasteiger partial charge < -0.3 is 23.8 Å². The molecule has 2 aliphatic heterocycles. The summed E-state index contributed by atoms with van der Waals surface area (Å²) in [5, 5.41) is 0. The molecule has 5 rings (SSSR count). The summed E-state index contributed by atoms with van der Waals surface area (Å²) in [6, 6.07) is 17.7. The normalized spacial score (nSPS) is 15.2. The molecule has 3 aromatic carbocycles. The maximum absolute atomic E-state index is 13.2. The summed E-state index contributed by atoms with van der Waals surface area (Å²) in [7, 11) is 0. The smallest absolute Gasteiger partial charge is 0.339 e. The minimum Gasteiger partial charge on any atom is -0.487 e. The predicted octanol–water partition coefficient (Wildman–Crippen LogP) is 5.65. The number of rotatable bonds is 4. The third-order valence-corrected chi connectivity index (χ3v) is 5.80. The summed E-state index contributed by atoms with van der Waals surface area (Å²) in [4.78, 5) is 15.4. The van der Waals surface area contributed by atoms with E-state index in [1.54, 1.807) is 0 Å². The van der Waals surface area contributed by atoms with Crippen molar-refractivity contribution in [2.45, 2.75) is 13.8 Å². The lowest BCUT2D eigenvalue weighted by Gasteiger charge is -2.30. The van der Waals surface area contributed by atoms with Gasteiger partial charge in [-0.2, -0.15) is 0 Å². The molecule has 0 aromatic heterocycles. The number of hydrogen-bond acceptors (Lipinski definition) is 6. The molecule has 0 aliphatic carbocycles. The van der Waals surface area contributed by atoms with Crippen molar-refractivity contribution in [3.05, 3.63) is 77.9 Å². The molecule has 0 spiro atoms. The molecular weight excluding hydrogens is 418 g/mol. The lowest BCUT2D eigenvalue weighted by Crippen LogP contribution is -2.22. The van der Waals surface area contributed by atoms with Gasteiger partial charge in [-0.25, -0.2) is 4.79 Å². The lowest BCUT2D eigenvalue weighted by atomic mass is 9.93. The number of hydrogen-bond donors (Lipinski definition) is 0. The van der Waals surface area contributed by atoms with Crippen LogP contribution < -0.4 is 19.1 Å². The second-order valence-corrected chi connectivity index (χ2v) is 7.79. The zero-order valence-corrected chi connectivity index (χ0v) is 18.7. The maximum Gasteiger partial charge on any atom is 0.339 e. The van der Waals surface area contributed by atoms with Crippen LogP contribution in [0.1, 0.15) is 22.8 Å². The lowest BCUT2D eigenvalue weighted by molar-refractivity contribution is 0.0526. The molecule has 6 nitrogen and oxygen atoms in total. The molecule has 0 N–H and O–H groups in total. The van der Waals surface area contributed by atoms with E-state index in [1.807, 2.05) is 62.4 Å². The molecule has 33 heavy (non-hydrogen) atoms. The highest BCUT2D eigenvalue weighted by Gasteiger charge is 2.28. The van der Waals surface area contributed by atoms with Gasteiger partial charge in [0.05, 0.1) is 17.9 Å². The van der Waals surface area contributed by atoms with Crippen LogP contribution in [0.15, 0.2) is 66.7 Å². The van der Waals surface area contributed by atoms with Crippen LogP contribution in [-0.2, 0) is 4.74 Å². The summed E-state index contributed by atoms with van der Waals surface area (Å²) in [6.45, 7) is 5.35. The summed E-state index contributed by atoms with van der Waals surface area (Å²) in [5.74, 6) is 1.69. The molecule has 0 radical (unpaired) electrons. The second kappa shape index (κ2) is 8.90. The number of para-hydroxylation sites is 1. The van der Waals surface area contributed by atoms with Crippen molar-refractivity contribution in [1.29, 1.82) is 0 Å². The van der Waals surface area contributed by atoms with Crippen molar-refractivity contribution >= 4 is 17.3 Å². The number of anilines is 2. The standard InChI is InChI=1S/C27H25NO5/c1-3-30-27(29)25-18(2)26-24(16-21(25)19-11-12-22-23(15-19)33-17-32-22)31-14-8-7-13-28(26)20-9-5-4-6-10-20/h4-12,15-16H,3,13-14,17H2,1-2H3/b8-7-. The van der Waals surface area contributed by atoms with Crippen LogP contribution in [0, 0.1) is 6.92 Å². The molecule has 3 aromatic rings. The van der Waals surface area contributed by atoms with E-state index in [4.69, 9.17) is 18.9 Å². The first-order valence-corrected chi connectivity index (χ1v) is 11.0. The number of esters is 1. The fourth-order valence-corrected chi connectivity index (χ4v) is 4.30. The maximum atomic E-state index is 13.2. The van der Waals surface area contributed by atoms with Crippen LogP contribution in [0.4, 0.5) is 11.4 Å². The highest BCUT2D eigenvalue weighted by Crippen LogP contribution is 2.45. The van der Waals surface area contributed by atoms with E-state index in [0.717, 1.165) is 28.1 Å². The molecule has 0 saturated heterocycles. The van der Waals surface area contributed by atoms with Gasteiger partial charge in [-0.1, -0.05) is 30.3 Å². The fourth-order valence-electron chi connectivity index (χ4n) is 4.30. The number of nitrogens with zero attached hydrogens (tertiary/aromatic N) is 1. The van der Waals surface area contributed by atoms with E-state index in [2.05, 4.69) is 23.1 Å². The summed E-state index contributed by atoms with van der Waals surface area (Å²) in [5.41, 5.74) is 4.77. The van der Waals surface area contributed by atoms with Gasteiger partial charge >= 0.3 is 5.97 Å². The molecule has 2 aliphatic rings. The second-order valence-electron chi connectivity index (χ2n) is 7.79. The van der Waals surface area contributed by atoms with Crippen LogP contribution in [0.2, 0.25) is 0 Å². The summed E-state index contributed by atoms with van der Waals surface area (Å²) >= 11 is 0. The Balaban J connectivity index is 1.74. The van der Waals surface area contributed by atoms with Crippen molar-refractivity contribution in [2.75, 3.05) is 31.5 Å². The minimum atomic E-state index is -0.365. The molecule has 168 valence electrons. The van der Waals surface area contributed by atoms with Gasteiger partial charge in [0.1, 0.15) is 12.4 Å². The Bertz CT molecular complexity index is 1220. The molecular formula is C27H25NO5. The average molecular weight is 443 g/mol. The van der Waals surface area contributed by atoms with E-state index in [0.29, 0.717) is 36.0 Å². The van der Waals surface area contributed by atoms with Gasteiger partial charge in [0.15, 0.2) is 11.5 Å². The summed E-state index contributed by atoms with van der Waals surface area (Å²) < 4.78 is 22.7. The van der Waals surface area contributed by atoms with E-state index in [1.165, 1.54) is 0 Å². The van der Waals surface area contributed by atoms with Gasteiger partial charge in [0.25, 0.3) is 0 Å². The summed E-state index contributed by atoms with van der Waals surface area (Å²) in [6.07, 6.45) is 4.08. The fraction of sp³-hybridized carbons (Fsp3) is 0.222. The van der Waals surface area contributed by atoms with Gasteiger partial charge in [0, 0.05) is 17.8 Å². The van der Waals surface area contributed by atoms with Gasteiger partial charge in [-0.15, -0.1) is 0 Å². The molecule has 0 bridgehead atoms. The average Bonchev–Trinajstić information content (AvgIpc) is 3.28. The third-order valence-electron chi connectivity index (χ3n) is 5.80. The number of fused-ring (bicyclic) bond motifs is 2. The van der Waals surface area contributed by atoms with Crippen LogP contribution in [0.3, 0.4) is 0 Å². The Hall–Kier alpha value is -3.93. The van der Waals surface area contributed by atoms with Crippen LogP contribution in [0.25, 0.3) is 11.1 Å². The first-order valence-electron chi connectivity index (χ1n) is 11.0. The van der Waals surface area contributed by atoms with Crippen molar-refractivity contribution in [3.63, 3.8) is 0 Å². The monoisotopic (exact) mass is 443 g/mol. The predicted molar refractivity (Wildman–Crippen MR) is 127 cm³/mol. The highest BCUT2D eigenvalue weighted by atomic mass is 16.7. The number of carbonyl (C=O) groups is 1. The van der Waals surface area contributed by atoms with Crippen molar-refractivity contribution in [3.8, 4) is 28.4 Å². The van der Waals surface area contributed by atoms with Crippen LogP contribution >= 0.6 is 0 Å². The molecule has 2 heterocycles. The first kappa shape index (κ1) is 20.9. The van der Waals surface area contributed by atoms with Crippen molar-refractivity contribution in [2.24, 2.45) is 0 Å². The highest BCUT2D eigenvalue weighted by molar-refractivity contribution is 6.02. The van der Waals surface area contributed by atoms with Crippen LogP contribution in [-0.4, -0.2) is 32.5 Å². The Morgan fingerprint density at radius 2 is 1.79 bits per heavy atom. The Morgan fingerprint density at radius 1 is 0.970 bits per heavy atom. The van der Waals surface area contributed by atoms with Gasteiger partial charge in [-0.05, 0) is 61.4 Å². The van der Waals surface area contributed by atoms with E-state index in [-0.39, 0.29) is 19.4 Å².